The number of unbranched alkanes of at least 4 members (excludes halogenated alkanes) is 1. The summed E-state index contributed by atoms with van der Waals surface area (Å²) in [5.74, 6) is 1.81. The maximum atomic E-state index is 5.40. The monoisotopic (exact) mass is 486 g/mol. The molecule has 0 aromatic heterocycles. The second kappa shape index (κ2) is 12.6. The second-order valence-corrected chi connectivity index (χ2v) is 7.43. The number of rotatable bonds is 7. The number of aliphatic imine (C=N–C) groups is 1. The third kappa shape index (κ3) is 7.58. The average molecular weight is 486 g/mol. The lowest BCUT2D eigenvalue weighted by Crippen LogP contribution is -2.41. The van der Waals surface area contributed by atoms with E-state index in [9.17, 15) is 0 Å². The average Bonchev–Trinajstić information content (AvgIpc) is 3.14. The fourth-order valence-corrected chi connectivity index (χ4v) is 3.96. The van der Waals surface area contributed by atoms with Crippen LogP contribution in [0.1, 0.15) is 24.8 Å². The Balaban J connectivity index is 0.00000261. The molecule has 27 heavy (non-hydrogen) atoms. The zero-order valence-corrected chi connectivity index (χ0v) is 18.9. The highest BCUT2D eigenvalue weighted by Gasteiger charge is 2.24. The first-order valence-electron chi connectivity index (χ1n) is 10.1. The largest absolute Gasteiger partial charge is 0.379 e. The van der Waals surface area contributed by atoms with Gasteiger partial charge in [0, 0.05) is 39.8 Å². The molecule has 2 heterocycles. The zero-order chi connectivity index (χ0) is 18.0. The van der Waals surface area contributed by atoms with Crippen molar-refractivity contribution in [1.29, 1.82) is 0 Å². The normalized spacial score (nSPS) is 21.1. The fourth-order valence-electron chi connectivity index (χ4n) is 3.96. The molecule has 1 unspecified atom stereocenters. The maximum absolute atomic E-state index is 5.40. The van der Waals surface area contributed by atoms with E-state index >= 15 is 0 Å². The molecule has 0 bridgehead atoms. The van der Waals surface area contributed by atoms with Crippen molar-refractivity contribution in [3.8, 4) is 0 Å². The standard InChI is InChI=1S/C21H34N4O.HI/c1-22-21(23-10-5-6-11-24-13-15-26-16-14-24)25-12-9-20(18-25)17-19-7-3-2-4-8-19;/h2-4,7-8,20H,5-6,9-18H2,1H3,(H,22,23);1H. The number of likely N-dealkylation sites (tertiary alicyclic amines) is 1. The van der Waals surface area contributed by atoms with Crippen LogP contribution in [0.25, 0.3) is 0 Å². The number of ether oxygens (including phenoxy) is 1. The van der Waals surface area contributed by atoms with Gasteiger partial charge in [-0.25, -0.2) is 0 Å². The Bertz CT molecular complexity index is 548. The number of guanidine groups is 1. The lowest BCUT2D eigenvalue weighted by molar-refractivity contribution is 0.0372. The van der Waals surface area contributed by atoms with E-state index in [1.807, 2.05) is 7.05 Å². The molecule has 0 aliphatic carbocycles. The Morgan fingerprint density at radius 1 is 1.15 bits per heavy atom. The van der Waals surface area contributed by atoms with Crippen LogP contribution in [0.2, 0.25) is 0 Å². The molecule has 0 amide bonds. The van der Waals surface area contributed by atoms with Crippen LogP contribution < -0.4 is 5.32 Å². The molecule has 1 aromatic rings. The van der Waals surface area contributed by atoms with Crippen LogP contribution >= 0.6 is 24.0 Å². The van der Waals surface area contributed by atoms with Crippen LogP contribution in [0.5, 0.6) is 0 Å². The van der Waals surface area contributed by atoms with Gasteiger partial charge in [0.05, 0.1) is 13.2 Å². The van der Waals surface area contributed by atoms with Gasteiger partial charge in [-0.15, -0.1) is 24.0 Å². The maximum Gasteiger partial charge on any atom is 0.193 e. The van der Waals surface area contributed by atoms with Crippen molar-refractivity contribution in [1.82, 2.24) is 15.1 Å². The number of benzene rings is 1. The van der Waals surface area contributed by atoms with Crippen molar-refractivity contribution in [3.63, 3.8) is 0 Å². The van der Waals surface area contributed by atoms with E-state index in [1.165, 1.54) is 37.8 Å². The van der Waals surface area contributed by atoms with Gasteiger partial charge in [0.15, 0.2) is 5.96 Å². The second-order valence-electron chi connectivity index (χ2n) is 7.43. The minimum absolute atomic E-state index is 0. The molecule has 6 heteroatoms. The molecule has 152 valence electrons. The van der Waals surface area contributed by atoms with Crippen LogP contribution in [0.15, 0.2) is 35.3 Å². The third-order valence-electron chi connectivity index (χ3n) is 5.45. The quantitative estimate of drug-likeness (QED) is 0.279. The summed E-state index contributed by atoms with van der Waals surface area (Å²) in [6.07, 6.45) is 4.86. The SMILES string of the molecule is CN=C(NCCCCN1CCOCC1)N1CCC(Cc2ccccc2)C1.I. The van der Waals surface area contributed by atoms with Crippen molar-refractivity contribution in [2.75, 3.05) is 59.5 Å². The van der Waals surface area contributed by atoms with Crippen molar-refractivity contribution >= 4 is 29.9 Å². The fraction of sp³-hybridized carbons (Fsp3) is 0.667. The predicted molar refractivity (Wildman–Crippen MR) is 123 cm³/mol. The summed E-state index contributed by atoms with van der Waals surface area (Å²) in [4.78, 5) is 9.44. The van der Waals surface area contributed by atoms with Gasteiger partial charge in [0.1, 0.15) is 0 Å². The number of halogens is 1. The minimum atomic E-state index is 0. The zero-order valence-electron chi connectivity index (χ0n) is 16.6. The molecular weight excluding hydrogens is 451 g/mol. The highest BCUT2D eigenvalue weighted by molar-refractivity contribution is 14.0. The van der Waals surface area contributed by atoms with Gasteiger partial charge >= 0.3 is 0 Å². The van der Waals surface area contributed by atoms with Gasteiger partial charge in [-0.1, -0.05) is 30.3 Å². The Kier molecular flexibility index (Phi) is 10.4. The molecule has 0 spiro atoms. The number of hydrogen-bond donors (Lipinski definition) is 1. The Morgan fingerprint density at radius 3 is 2.67 bits per heavy atom. The molecule has 1 atom stereocenters. The van der Waals surface area contributed by atoms with Gasteiger partial charge in [-0.3, -0.25) is 9.89 Å². The highest BCUT2D eigenvalue weighted by atomic mass is 127. The summed E-state index contributed by atoms with van der Waals surface area (Å²) in [6, 6.07) is 10.8. The lowest BCUT2D eigenvalue weighted by atomic mass is 9.99. The molecule has 1 N–H and O–H groups in total. The van der Waals surface area contributed by atoms with Crippen molar-refractivity contribution in [3.05, 3.63) is 35.9 Å². The van der Waals surface area contributed by atoms with E-state index in [2.05, 4.69) is 50.4 Å². The molecule has 2 aliphatic rings. The van der Waals surface area contributed by atoms with Gasteiger partial charge < -0.3 is 15.0 Å². The minimum Gasteiger partial charge on any atom is -0.379 e. The molecule has 2 saturated heterocycles. The molecule has 2 aliphatic heterocycles. The summed E-state index contributed by atoms with van der Waals surface area (Å²) in [7, 11) is 1.90. The molecule has 2 fully saturated rings. The van der Waals surface area contributed by atoms with Gasteiger partial charge in [0.25, 0.3) is 0 Å². The van der Waals surface area contributed by atoms with E-state index in [0.29, 0.717) is 0 Å². The summed E-state index contributed by atoms with van der Waals surface area (Å²) in [6.45, 7) is 8.39. The van der Waals surface area contributed by atoms with Crippen molar-refractivity contribution in [2.24, 2.45) is 10.9 Å². The highest BCUT2D eigenvalue weighted by Crippen LogP contribution is 2.20. The summed E-state index contributed by atoms with van der Waals surface area (Å²) >= 11 is 0. The smallest absolute Gasteiger partial charge is 0.193 e. The van der Waals surface area contributed by atoms with Gasteiger partial charge in [-0.05, 0) is 43.7 Å². The lowest BCUT2D eigenvalue weighted by Gasteiger charge is -2.26. The first-order valence-corrected chi connectivity index (χ1v) is 10.1. The van der Waals surface area contributed by atoms with Crippen LogP contribution in [-0.4, -0.2) is 75.3 Å². The summed E-state index contributed by atoms with van der Waals surface area (Å²) < 4.78 is 5.40. The number of hydrogen-bond acceptors (Lipinski definition) is 3. The van der Waals surface area contributed by atoms with Crippen molar-refractivity contribution in [2.45, 2.75) is 25.7 Å². The Morgan fingerprint density at radius 2 is 1.93 bits per heavy atom. The number of nitrogens with zero attached hydrogens (tertiary/aromatic N) is 3. The molecule has 0 radical (unpaired) electrons. The molecule has 3 rings (SSSR count). The van der Waals surface area contributed by atoms with Crippen molar-refractivity contribution < 1.29 is 4.74 Å². The topological polar surface area (TPSA) is 40.1 Å². The number of morpholine rings is 1. The van der Waals surface area contributed by atoms with E-state index < -0.39 is 0 Å². The van der Waals surface area contributed by atoms with Crippen LogP contribution in [-0.2, 0) is 11.2 Å². The first kappa shape index (κ1) is 22.4. The Hall–Kier alpha value is -0.860. The molecular formula is C21H35IN4O. The summed E-state index contributed by atoms with van der Waals surface area (Å²) in [5.41, 5.74) is 1.45. The van der Waals surface area contributed by atoms with Gasteiger partial charge in [0.2, 0.25) is 0 Å². The van der Waals surface area contributed by atoms with E-state index in [1.54, 1.807) is 0 Å². The predicted octanol–water partition coefficient (Wildman–Crippen LogP) is 2.86. The van der Waals surface area contributed by atoms with E-state index in [-0.39, 0.29) is 24.0 Å². The Labute approximate surface area is 181 Å². The van der Waals surface area contributed by atoms with E-state index in [0.717, 1.165) is 57.8 Å². The number of nitrogens with one attached hydrogen (secondary N) is 1. The van der Waals surface area contributed by atoms with Gasteiger partial charge in [-0.2, -0.15) is 0 Å². The van der Waals surface area contributed by atoms with E-state index in [4.69, 9.17) is 4.74 Å². The first-order chi connectivity index (χ1) is 12.8. The third-order valence-corrected chi connectivity index (χ3v) is 5.45. The molecule has 1 aromatic carbocycles. The molecule has 5 nitrogen and oxygen atoms in total. The molecule has 0 saturated carbocycles. The summed E-state index contributed by atoms with van der Waals surface area (Å²) in [5, 5.41) is 3.57. The van der Waals surface area contributed by atoms with Crippen LogP contribution in [0.3, 0.4) is 0 Å². The van der Waals surface area contributed by atoms with Crippen LogP contribution in [0, 0.1) is 5.92 Å². The van der Waals surface area contributed by atoms with Crippen LogP contribution in [0.4, 0.5) is 0 Å².